The molecule has 0 radical (unpaired) electrons. The highest BCUT2D eigenvalue weighted by Crippen LogP contribution is 2.29. The molecular formula is C21H21FN4OS. The molecule has 3 aromatic rings. The molecule has 144 valence electrons. The van der Waals surface area contributed by atoms with Crippen molar-refractivity contribution < 1.29 is 9.18 Å². The Bertz CT molecular complexity index is 972. The Labute approximate surface area is 167 Å². The Kier molecular flexibility index (Phi) is 5.43. The van der Waals surface area contributed by atoms with Crippen molar-refractivity contribution in [2.75, 3.05) is 0 Å². The summed E-state index contributed by atoms with van der Waals surface area (Å²) in [7, 11) is 0. The molecule has 0 spiro atoms. The summed E-state index contributed by atoms with van der Waals surface area (Å²) in [5.41, 5.74) is 1.45. The second-order valence-electron chi connectivity index (χ2n) is 6.90. The van der Waals surface area contributed by atoms with Crippen molar-refractivity contribution >= 4 is 17.7 Å². The summed E-state index contributed by atoms with van der Waals surface area (Å²) in [6.45, 7) is 2.35. The highest BCUT2D eigenvalue weighted by Gasteiger charge is 2.27. The summed E-state index contributed by atoms with van der Waals surface area (Å²) in [6, 6.07) is 16.7. The first-order chi connectivity index (χ1) is 13.6. The summed E-state index contributed by atoms with van der Waals surface area (Å²) in [6.07, 6.45) is 2.09. The molecule has 2 aromatic carbocycles. The van der Waals surface area contributed by atoms with Gasteiger partial charge >= 0.3 is 0 Å². The van der Waals surface area contributed by atoms with Crippen LogP contribution in [0.1, 0.15) is 25.3 Å². The van der Waals surface area contributed by atoms with Gasteiger partial charge in [0.25, 0.3) is 0 Å². The number of aromatic nitrogens is 3. The summed E-state index contributed by atoms with van der Waals surface area (Å²) in [5, 5.41) is 11.8. The molecule has 1 amide bonds. The SMILES string of the molecule is CC(Sc1nnc(-c2ccccc2F)n1Cc1ccccc1)C(=O)NC1CC1. The number of thioether (sulfide) groups is 1. The van der Waals surface area contributed by atoms with Gasteiger partial charge in [-0.25, -0.2) is 4.39 Å². The zero-order chi connectivity index (χ0) is 19.5. The van der Waals surface area contributed by atoms with Crippen LogP contribution in [0.25, 0.3) is 11.4 Å². The van der Waals surface area contributed by atoms with Crippen LogP contribution in [0.5, 0.6) is 0 Å². The number of hydrogen-bond acceptors (Lipinski definition) is 4. The fourth-order valence-electron chi connectivity index (χ4n) is 2.88. The van der Waals surface area contributed by atoms with Crippen LogP contribution >= 0.6 is 11.8 Å². The van der Waals surface area contributed by atoms with Crippen LogP contribution in [0.2, 0.25) is 0 Å². The number of carbonyl (C=O) groups excluding carboxylic acids is 1. The first-order valence-corrected chi connectivity index (χ1v) is 10.2. The number of carbonyl (C=O) groups is 1. The molecule has 1 aliphatic rings. The third-order valence-corrected chi connectivity index (χ3v) is 5.67. The number of rotatable bonds is 7. The van der Waals surface area contributed by atoms with E-state index in [1.807, 2.05) is 41.8 Å². The molecule has 1 N–H and O–H groups in total. The van der Waals surface area contributed by atoms with E-state index in [1.54, 1.807) is 18.2 Å². The van der Waals surface area contributed by atoms with E-state index in [1.165, 1.54) is 17.8 Å². The van der Waals surface area contributed by atoms with Gasteiger partial charge in [-0.3, -0.25) is 9.36 Å². The number of nitrogens with zero attached hydrogens (tertiary/aromatic N) is 3. The molecule has 4 rings (SSSR count). The lowest BCUT2D eigenvalue weighted by Gasteiger charge is -2.14. The minimum absolute atomic E-state index is 0.00537. The van der Waals surface area contributed by atoms with E-state index in [0.29, 0.717) is 29.1 Å². The molecular weight excluding hydrogens is 375 g/mol. The minimum atomic E-state index is -0.347. The van der Waals surface area contributed by atoms with Crippen LogP contribution in [-0.4, -0.2) is 32.0 Å². The quantitative estimate of drug-likeness (QED) is 0.616. The van der Waals surface area contributed by atoms with E-state index in [9.17, 15) is 9.18 Å². The maximum Gasteiger partial charge on any atom is 0.233 e. The molecule has 1 atom stereocenters. The van der Waals surface area contributed by atoms with Crippen molar-refractivity contribution in [1.82, 2.24) is 20.1 Å². The average Bonchev–Trinajstić information content (AvgIpc) is 3.44. The van der Waals surface area contributed by atoms with Crippen molar-refractivity contribution in [2.24, 2.45) is 0 Å². The molecule has 1 aromatic heterocycles. The normalized spacial score (nSPS) is 14.6. The predicted octanol–water partition coefficient (Wildman–Crippen LogP) is 3.89. The van der Waals surface area contributed by atoms with E-state index >= 15 is 0 Å². The van der Waals surface area contributed by atoms with Crippen LogP contribution in [0.4, 0.5) is 4.39 Å². The fourth-order valence-corrected chi connectivity index (χ4v) is 3.74. The maximum atomic E-state index is 14.4. The fraction of sp³-hybridized carbons (Fsp3) is 0.286. The lowest BCUT2D eigenvalue weighted by molar-refractivity contribution is -0.120. The predicted molar refractivity (Wildman–Crippen MR) is 107 cm³/mol. The third-order valence-electron chi connectivity index (χ3n) is 4.59. The molecule has 0 aliphatic heterocycles. The van der Waals surface area contributed by atoms with E-state index in [-0.39, 0.29) is 17.0 Å². The Morgan fingerprint density at radius 1 is 1.18 bits per heavy atom. The van der Waals surface area contributed by atoms with Gasteiger partial charge in [0.15, 0.2) is 11.0 Å². The Hall–Kier alpha value is -2.67. The maximum absolute atomic E-state index is 14.4. The first kappa shape index (κ1) is 18.7. The van der Waals surface area contributed by atoms with E-state index in [0.717, 1.165) is 18.4 Å². The van der Waals surface area contributed by atoms with Gasteiger partial charge in [0.05, 0.1) is 17.4 Å². The smallest absolute Gasteiger partial charge is 0.233 e. The Balaban J connectivity index is 1.65. The lowest BCUT2D eigenvalue weighted by Crippen LogP contribution is -2.32. The van der Waals surface area contributed by atoms with Crippen molar-refractivity contribution in [3.05, 3.63) is 66.0 Å². The average molecular weight is 396 g/mol. The van der Waals surface area contributed by atoms with Crippen molar-refractivity contribution in [3.8, 4) is 11.4 Å². The standard InChI is InChI=1S/C21H21FN4OS/c1-14(20(27)23-16-11-12-16)28-21-25-24-19(17-9-5-6-10-18(17)22)26(21)13-15-7-3-2-4-8-15/h2-10,14,16H,11-13H2,1H3,(H,23,27). The van der Waals surface area contributed by atoms with Crippen LogP contribution in [0.15, 0.2) is 59.8 Å². The Morgan fingerprint density at radius 2 is 1.89 bits per heavy atom. The zero-order valence-electron chi connectivity index (χ0n) is 15.5. The monoisotopic (exact) mass is 396 g/mol. The third kappa shape index (κ3) is 4.25. The zero-order valence-corrected chi connectivity index (χ0v) is 16.3. The minimum Gasteiger partial charge on any atom is -0.352 e. The largest absolute Gasteiger partial charge is 0.352 e. The summed E-state index contributed by atoms with van der Waals surface area (Å²) >= 11 is 1.34. The highest BCUT2D eigenvalue weighted by molar-refractivity contribution is 8.00. The number of halogens is 1. The molecule has 1 fully saturated rings. The van der Waals surface area contributed by atoms with Crippen LogP contribution in [-0.2, 0) is 11.3 Å². The molecule has 0 saturated heterocycles. The Morgan fingerprint density at radius 3 is 2.61 bits per heavy atom. The first-order valence-electron chi connectivity index (χ1n) is 9.31. The van der Waals surface area contributed by atoms with Gasteiger partial charge < -0.3 is 5.32 Å². The molecule has 1 saturated carbocycles. The van der Waals surface area contributed by atoms with Gasteiger partial charge in [-0.2, -0.15) is 0 Å². The van der Waals surface area contributed by atoms with E-state index < -0.39 is 0 Å². The van der Waals surface area contributed by atoms with Crippen molar-refractivity contribution in [3.63, 3.8) is 0 Å². The highest BCUT2D eigenvalue weighted by atomic mass is 32.2. The van der Waals surface area contributed by atoms with Crippen molar-refractivity contribution in [1.29, 1.82) is 0 Å². The van der Waals surface area contributed by atoms with Gasteiger partial charge in [0, 0.05) is 6.04 Å². The number of hydrogen-bond donors (Lipinski definition) is 1. The molecule has 1 aliphatic carbocycles. The summed E-state index contributed by atoms with van der Waals surface area (Å²) in [4.78, 5) is 12.3. The van der Waals surface area contributed by atoms with Gasteiger partial charge in [-0.05, 0) is 37.5 Å². The van der Waals surface area contributed by atoms with Crippen LogP contribution in [0, 0.1) is 5.82 Å². The van der Waals surface area contributed by atoms with Crippen LogP contribution in [0.3, 0.4) is 0 Å². The summed E-state index contributed by atoms with van der Waals surface area (Å²) < 4.78 is 16.3. The van der Waals surface area contributed by atoms with E-state index in [4.69, 9.17) is 0 Å². The van der Waals surface area contributed by atoms with Gasteiger partial charge in [-0.1, -0.05) is 54.2 Å². The molecule has 5 nitrogen and oxygen atoms in total. The second kappa shape index (κ2) is 8.14. The van der Waals surface area contributed by atoms with E-state index in [2.05, 4.69) is 15.5 Å². The van der Waals surface area contributed by atoms with Gasteiger partial charge in [-0.15, -0.1) is 10.2 Å². The summed E-state index contributed by atoms with van der Waals surface area (Å²) in [5.74, 6) is 0.105. The lowest BCUT2D eigenvalue weighted by atomic mass is 10.2. The number of amides is 1. The number of benzene rings is 2. The van der Waals surface area contributed by atoms with Gasteiger partial charge in [0.1, 0.15) is 5.82 Å². The number of nitrogens with one attached hydrogen (secondary N) is 1. The molecule has 1 unspecified atom stereocenters. The molecule has 7 heteroatoms. The molecule has 0 bridgehead atoms. The molecule has 1 heterocycles. The van der Waals surface area contributed by atoms with Gasteiger partial charge in [0.2, 0.25) is 5.91 Å². The van der Waals surface area contributed by atoms with Crippen LogP contribution < -0.4 is 5.32 Å². The molecule has 28 heavy (non-hydrogen) atoms. The van der Waals surface area contributed by atoms with Crippen molar-refractivity contribution in [2.45, 2.75) is 42.8 Å². The second-order valence-corrected chi connectivity index (χ2v) is 8.21. The topological polar surface area (TPSA) is 59.8 Å².